The minimum atomic E-state index is -2.79. The topological polar surface area (TPSA) is 317 Å². The number of aliphatic hydroxyl groups excluding tert-OH is 1. The van der Waals surface area contributed by atoms with Gasteiger partial charge in [-0.3, -0.25) is 57.7 Å². The maximum atomic E-state index is 14.6. The summed E-state index contributed by atoms with van der Waals surface area (Å²) in [5.41, 5.74) is -0.306. The normalized spacial score (nSPS) is 30.0. The number of hydrogen-bond acceptors (Lipinski definition) is 24. The number of nitrogens with zero attached hydrogens (tertiary/aromatic N) is 2. The average Bonchev–Trinajstić information content (AvgIpc) is 4.03. The summed E-state index contributed by atoms with van der Waals surface area (Å²) in [4.78, 5) is 137. The number of imide groups is 2. The van der Waals surface area contributed by atoms with Gasteiger partial charge in [-0.25, -0.2) is 0 Å². The minimum absolute atomic E-state index is 0.0700. The van der Waals surface area contributed by atoms with Crippen LogP contribution < -0.4 is 0 Å². The molecule has 7 rings (SSSR count). The van der Waals surface area contributed by atoms with Gasteiger partial charge in [-0.15, -0.1) is 6.58 Å². The first-order valence-corrected chi connectivity index (χ1v) is 29.2. The van der Waals surface area contributed by atoms with Crippen LogP contribution in [0.4, 0.5) is 0 Å². The molecular weight excluding hydrogens is 1100 g/mol. The van der Waals surface area contributed by atoms with Crippen molar-refractivity contribution in [1.82, 2.24) is 9.80 Å². The third-order valence-corrected chi connectivity index (χ3v) is 19.1. The van der Waals surface area contributed by atoms with Crippen LogP contribution in [0.5, 0.6) is 0 Å². The van der Waals surface area contributed by atoms with Crippen LogP contribution in [-0.4, -0.2) is 201 Å². The highest BCUT2D eigenvalue weighted by Crippen LogP contribution is 2.43. The van der Waals surface area contributed by atoms with Crippen molar-refractivity contribution >= 4 is 67.8 Å². The maximum absolute atomic E-state index is 14.6. The summed E-state index contributed by atoms with van der Waals surface area (Å²) in [5, 5.41) is 12.0. The van der Waals surface area contributed by atoms with Crippen LogP contribution in [0.2, 0.25) is 18.1 Å². The summed E-state index contributed by atoms with van der Waals surface area (Å²) in [6.07, 6.45) is -22.0. The van der Waals surface area contributed by atoms with Gasteiger partial charge < -0.3 is 66.4 Å². The van der Waals surface area contributed by atoms with Crippen molar-refractivity contribution in [2.24, 2.45) is 0 Å². The zero-order valence-corrected chi connectivity index (χ0v) is 48.1. The fourth-order valence-electron chi connectivity index (χ4n) is 10.0. The van der Waals surface area contributed by atoms with Crippen molar-refractivity contribution in [2.45, 2.75) is 172 Å². The summed E-state index contributed by atoms with van der Waals surface area (Å²) < 4.78 is 80.1. The van der Waals surface area contributed by atoms with Crippen LogP contribution in [0.15, 0.2) is 61.2 Å². The summed E-state index contributed by atoms with van der Waals surface area (Å²) in [5.74, 6) is -9.24. The first-order chi connectivity index (χ1) is 38.6. The molecule has 0 saturated carbocycles. The molecule has 5 heterocycles. The van der Waals surface area contributed by atoms with E-state index in [4.69, 9.17) is 61.3 Å². The van der Waals surface area contributed by atoms with E-state index in [9.17, 15) is 53.1 Å². The number of benzene rings is 2. The number of carbonyl (C=O) groups is 10. The molecule has 5 aliphatic rings. The van der Waals surface area contributed by atoms with Gasteiger partial charge in [0.15, 0.2) is 51.6 Å². The molecule has 82 heavy (non-hydrogen) atoms. The molecule has 446 valence electrons. The molecule has 0 unspecified atom stereocenters. The molecule has 0 spiro atoms. The third kappa shape index (κ3) is 13.5. The SMILES string of the molecule is C=CCO[C@@H]1[C@@H](O[C@@H]2O[C@H](COC(C)=O)[C@@H](OC(C)=O)[C@H](OC(C)=O)[C@H]2N2C(=O)c3ccccc3C2=O)[C@H](O)O[C@H](CO[Si](C)(C)C(C)(C)C)[C@@H]1O[C@@H]1O[C@H](COC(C)=O)[C@@H](OC(C)=O)[C@H](OC(C)=O)[C@H]1N1C(=O)c2ccccc2C1=O. The van der Waals surface area contributed by atoms with E-state index in [0.29, 0.717) is 4.90 Å². The molecule has 2 aromatic rings. The highest BCUT2D eigenvalue weighted by atomic mass is 28.4. The van der Waals surface area contributed by atoms with Gasteiger partial charge in [-0.1, -0.05) is 51.1 Å². The van der Waals surface area contributed by atoms with Gasteiger partial charge in [0, 0.05) is 41.5 Å². The molecule has 0 radical (unpaired) electrons. The van der Waals surface area contributed by atoms with Gasteiger partial charge in [0.05, 0.1) is 35.5 Å². The van der Waals surface area contributed by atoms with Crippen LogP contribution >= 0.6 is 0 Å². The Morgan fingerprint density at radius 1 is 0.537 bits per heavy atom. The maximum Gasteiger partial charge on any atom is 0.303 e. The highest BCUT2D eigenvalue weighted by Gasteiger charge is 2.62. The zero-order valence-electron chi connectivity index (χ0n) is 47.1. The fourth-order valence-corrected chi connectivity index (χ4v) is 11.0. The molecule has 3 fully saturated rings. The molecule has 0 bridgehead atoms. The number of amides is 4. The van der Waals surface area contributed by atoms with E-state index in [2.05, 4.69) is 6.58 Å². The minimum Gasteiger partial charge on any atom is -0.463 e. The van der Waals surface area contributed by atoms with E-state index in [-0.39, 0.29) is 35.5 Å². The Morgan fingerprint density at radius 2 is 0.890 bits per heavy atom. The lowest BCUT2D eigenvalue weighted by atomic mass is 9.93. The Morgan fingerprint density at radius 3 is 1.23 bits per heavy atom. The number of fused-ring (bicyclic) bond motifs is 2. The average molecular weight is 1170 g/mol. The molecule has 1 N–H and O–H groups in total. The van der Waals surface area contributed by atoms with Crippen LogP contribution in [0.3, 0.4) is 0 Å². The van der Waals surface area contributed by atoms with Gasteiger partial charge in [0.1, 0.15) is 61.9 Å². The van der Waals surface area contributed by atoms with Crippen LogP contribution in [0, 0.1) is 0 Å². The molecule has 5 aliphatic heterocycles. The monoisotopic (exact) mass is 1170 g/mol. The lowest BCUT2D eigenvalue weighted by Gasteiger charge is -2.52. The standard InChI is InChI=1S/C55H68N2O24Si/c1-13-22-69-46-43(80-53-39(56-48(64)32-18-14-15-19-33(32)49(56)65)44(75-30(6)62)41(73-28(4)60)36(78-53)23-70-26(2)58)38(25-72-82(11,12)55(8,9)10)77-52(68)47(46)81-54-40(57-50(66)34-20-16-17-21-35(34)51(57)67)45(76-31(7)63)42(74-29(5)61)37(79-54)24-71-27(3)59/h13-21,36-47,52-54,68H,1,22-25H2,2-12H3/t36-,37-,38-,39-,40-,41-,42-,43+,44-,45-,46+,47-,52-,53+,54+/m1/s1. The Balaban J connectivity index is 1.42. The van der Waals surface area contributed by atoms with Crippen molar-refractivity contribution in [3.8, 4) is 0 Å². The second-order valence-corrected chi connectivity index (χ2v) is 26.3. The van der Waals surface area contributed by atoms with Gasteiger partial charge in [0.25, 0.3) is 23.6 Å². The van der Waals surface area contributed by atoms with Gasteiger partial charge >= 0.3 is 35.8 Å². The Hall–Kier alpha value is -6.82. The number of carbonyl (C=O) groups excluding carboxylic acids is 10. The van der Waals surface area contributed by atoms with Crippen molar-refractivity contribution < 1.29 is 114 Å². The van der Waals surface area contributed by atoms with E-state index in [0.717, 1.165) is 46.4 Å². The molecule has 15 atom stereocenters. The predicted octanol–water partition coefficient (Wildman–Crippen LogP) is 2.70. The number of ether oxygens (including phenoxy) is 12. The highest BCUT2D eigenvalue weighted by molar-refractivity contribution is 6.74. The van der Waals surface area contributed by atoms with E-state index in [1.165, 1.54) is 54.6 Å². The van der Waals surface area contributed by atoms with Crippen molar-refractivity contribution in [2.75, 3.05) is 26.4 Å². The first-order valence-electron chi connectivity index (χ1n) is 26.3. The molecule has 26 nitrogen and oxygen atoms in total. The Bertz CT molecular complexity index is 2750. The molecule has 3 saturated heterocycles. The van der Waals surface area contributed by atoms with E-state index >= 15 is 0 Å². The number of hydrogen-bond donors (Lipinski definition) is 1. The fraction of sp³-hybridized carbons (Fsp3) is 0.564. The second-order valence-electron chi connectivity index (χ2n) is 21.4. The van der Waals surface area contributed by atoms with Crippen LogP contribution in [0.25, 0.3) is 0 Å². The molecule has 27 heteroatoms. The molecule has 2 aromatic carbocycles. The van der Waals surface area contributed by atoms with E-state index in [1.807, 2.05) is 33.9 Å². The third-order valence-electron chi connectivity index (χ3n) is 14.6. The van der Waals surface area contributed by atoms with Gasteiger partial charge in [0.2, 0.25) is 0 Å². The molecule has 0 aliphatic carbocycles. The van der Waals surface area contributed by atoms with Crippen LogP contribution in [-0.2, 0) is 90.0 Å². The van der Waals surface area contributed by atoms with Gasteiger partial charge in [-0.05, 0) is 42.4 Å². The second kappa shape index (κ2) is 25.8. The van der Waals surface area contributed by atoms with Crippen molar-refractivity contribution in [3.63, 3.8) is 0 Å². The number of rotatable bonds is 20. The molecule has 0 aromatic heterocycles. The Kier molecular flexibility index (Phi) is 19.7. The smallest absolute Gasteiger partial charge is 0.303 e. The Labute approximate surface area is 472 Å². The van der Waals surface area contributed by atoms with Gasteiger partial charge in [-0.2, -0.15) is 0 Å². The van der Waals surface area contributed by atoms with E-state index in [1.54, 1.807) is 0 Å². The summed E-state index contributed by atoms with van der Waals surface area (Å²) >= 11 is 0. The molecular formula is C55H68N2O24Si. The lowest BCUT2D eigenvalue weighted by Crippen LogP contribution is -2.71. The zero-order chi connectivity index (χ0) is 60.3. The van der Waals surface area contributed by atoms with Crippen LogP contribution in [0.1, 0.15) is 104 Å². The van der Waals surface area contributed by atoms with Crippen molar-refractivity contribution in [3.05, 3.63) is 83.4 Å². The van der Waals surface area contributed by atoms with E-state index < -0.39 is 178 Å². The summed E-state index contributed by atoms with van der Waals surface area (Å²) in [6, 6.07) is 7.73. The quantitative estimate of drug-likeness (QED) is 0.0655. The lowest BCUT2D eigenvalue weighted by molar-refractivity contribution is -0.376. The molecule has 4 amide bonds. The number of aliphatic hydroxyl groups is 1. The first kappa shape index (κ1) is 62.8. The predicted molar refractivity (Wildman–Crippen MR) is 278 cm³/mol. The number of esters is 6. The summed E-state index contributed by atoms with van der Waals surface area (Å²) in [7, 11) is -2.79. The largest absolute Gasteiger partial charge is 0.463 e. The van der Waals surface area contributed by atoms with Crippen molar-refractivity contribution in [1.29, 1.82) is 0 Å². The summed E-state index contributed by atoms with van der Waals surface area (Å²) in [6.45, 7) is 17.6.